The number of carbonyl (C=O) groups excluding carboxylic acids is 3. The van der Waals surface area contributed by atoms with Gasteiger partial charge in [0.2, 0.25) is 0 Å². The maximum atomic E-state index is 12.7. The molecular formula is C46H87NO7. The summed E-state index contributed by atoms with van der Waals surface area (Å²) in [6.45, 7) is 4.66. The van der Waals surface area contributed by atoms with Gasteiger partial charge in [0, 0.05) is 19.3 Å². The molecule has 0 aromatic carbocycles. The minimum Gasteiger partial charge on any atom is -0.544 e. The first-order chi connectivity index (χ1) is 26.1. The molecule has 0 N–H and O–H groups in total. The topological polar surface area (TPSA) is 102 Å². The second-order valence-electron chi connectivity index (χ2n) is 16.6. The normalized spacial score (nSPS) is 13.0. The molecule has 54 heavy (non-hydrogen) atoms. The number of hydrogen-bond acceptors (Lipinski definition) is 7. The summed E-state index contributed by atoms with van der Waals surface area (Å²) in [6, 6.07) is -0.723. The Morgan fingerprint density at radius 1 is 0.537 bits per heavy atom. The van der Waals surface area contributed by atoms with Crippen LogP contribution in [0.5, 0.6) is 0 Å². The smallest absolute Gasteiger partial charge is 0.306 e. The molecule has 2 unspecified atom stereocenters. The molecule has 2 atom stereocenters. The Kier molecular flexibility index (Phi) is 36.6. The molecular weight excluding hydrogens is 679 g/mol. The number of allylic oxidation sites excluding steroid dienone is 2. The number of unbranched alkanes of at least 4 members (excludes halogenated alkanes) is 25. The molecule has 8 nitrogen and oxygen atoms in total. The van der Waals surface area contributed by atoms with Crippen molar-refractivity contribution in [2.24, 2.45) is 0 Å². The Labute approximate surface area is 333 Å². The SMILES string of the molecule is CCCCCCCC/C=C/CCCCCC(=O)OC(COCCC(C(=O)[O-])[N+](C)(C)C)COC(=O)CCCCCCCCCCCCCCCCCCC. The highest BCUT2D eigenvalue weighted by Crippen LogP contribution is 2.15. The van der Waals surface area contributed by atoms with Crippen LogP contribution in [0.3, 0.4) is 0 Å². The van der Waals surface area contributed by atoms with Crippen molar-refractivity contribution in [3.63, 3.8) is 0 Å². The van der Waals surface area contributed by atoms with Crippen LogP contribution >= 0.6 is 0 Å². The van der Waals surface area contributed by atoms with Gasteiger partial charge in [0.15, 0.2) is 6.10 Å². The number of esters is 2. The first-order valence-electron chi connectivity index (χ1n) is 22.7. The van der Waals surface area contributed by atoms with E-state index in [0.29, 0.717) is 12.8 Å². The second kappa shape index (κ2) is 38.0. The third-order valence-corrected chi connectivity index (χ3v) is 10.4. The van der Waals surface area contributed by atoms with Crippen molar-refractivity contribution in [3.05, 3.63) is 12.2 Å². The van der Waals surface area contributed by atoms with Crippen LogP contribution < -0.4 is 5.11 Å². The van der Waals surface area contributed by atoms with E-state index in [-0.39, 0.29) is 42.7 Å². The van der Waals surface area contributed by atoms with Crippen LogP contribution in [0.1, 0.15) is 213 Å². The van der Waals surface area contributed by atoms with Crippen molar-refractivity contribution in [1.29, 1.82) is 0 Å². The van der Waals surface area contributed by atoms with Crippen LogP contribution in [0.15, 0.2) is 12.2 Å². The van der Waals surface area contributed by atoms with Crippen LogP contribution in [0, 0.1) is 0 Å². The molecule has 8 heteroatoms. The highest BCUT2D eigenvalue weighted by molar-refractivity contribution is 5.70. The third-order valence-electron chi connectivity index (χ3n) is 10.4. The fraction of sp³-hybridized carbons (Fsp3) is 0.891. The van der Waals surface area contributed by atoms with Gasteiger partial charge in [-0.1, -0.05) is 167 Å². The summed E-state index contributed by atoms with van der Waals surface area (Å²) in [7, 11) is 5.41. The first kappa shape index (κ1) is 52.1. The monoisotopic (exact) mass is 766 g/mol. The lowest BCUT2D eigenvalue weighted by molar-refractivity contribution is -0.889. The molecule has 0 radical (unpaired) electrons. The number of carboxylic acids is 1. The largest absolute Gasteiger partial charge is 0.544 e. The lowest BCUT2D eigenvalue weighted by Gasteiger charge is -2.34. The van der Waals surface area contributed by atoms with Gasteiger partial charge in [0.25, 0.3) is 0 Å². The number of quaternary nitrogens is 1. The number of hydrogen-bond donors (Lipinski definition) is 0. The molecule has 0 saturated heterocycles. The molecule has 0 amide bonds. The van der Waals surface area contributed by atoms with Gasteiger partial charge in [-0.05, 0) is 38.5 Å². The van der Waals surface area contributed by atoms with E-state index in [1.54, 1.807) is 21.1 Å². The third kappa shape index (κ3) is 35.8. The number of ether oxygens (including phenoxy) is 3. The average molecular weight is 766 g/mol. The summed E-state index contributed by atoms with van der Waals surface area (Å²) < 4.78 is 17.2. The van der Waals surface area contributed by atoms with Crippen LogP contribution in [0.4, 0.5) is 0 Å². The van der Waals surface area contributed by atoms with Crippen molar-refractivity contribution in [3.8, 4) is 0 Å². The summed E-state index contributed by atoms with van der Waals surface area (Å²) in [5.41, 5.74) is 0. The number of aliphatic carboxylic acids is 1. The standard InChI is InChI=1S/C46H87NO7/c1-6-8-10-12-14-16-18-20-21-22-23-25-26-28-30-32-34-36-44(48)53-41-42(40-52-39-38-43(46(50)51)47(3,4)5)54-45(49)37-35-33-31-29-27-24-19-17-15-13-11-9-7-2/h24,27,42-43H,6-23,25-26,28-41H2,1-5H3/b27-24+. The lowest BCUT2D eigenvalue weighted by Crippen LogP contribution is -2.55. The summed E-state index contributed by atoms with van der Waals surface area (Å²) in [6.07, 6.45) is 39.5. The fourth-order valence-electron chi connectivity index (χ4n) is 6.83. The molecule has 0 aliphatic heterocycles. The summed E-state index contributed by atoms with van der Waals surface area (Å²) in [5, 5.41) is 11.6. The Balaban J connectivity index is 4.29. The molecule has 0 fully saturated rings. The zero-order valence-electron chi connectivity index (χ0n) is 36.2. The van der Waals surface area contributed by atoms with Crippen molar-refractivity contribution >= 4 is 17.9 Å². The molecule has 0 aliphatic carbocycles. The fourth-order valence-corrected chi connectivity index (χ4v) is 6.83. The Hall–Kier alpha value is -1.93. The van der Waals surface area contributed by atoms with Crippen molar-refractivity contribution in [1.82, 2.24) is 0 Å². The van der Waals surface area contributed by atoms with E-state index in [2.05, 4.69) is 26.0 Å². The molecule has 0 aromatic heterocycles. The minimum atomic E-state index is -1.12. The Bertz CT molecular complexity index is 900. The zero-order valence-corrected chi connectivity index (χ0v) is 36.2. The first-order valence-corrected chi connectivity index (χ1v) is 22.7. The van der Waals surface area contributed by atoms with Gasteiger partial charge in [-0.3, -0.25) is 9.59 Å². The summed E-state index contributed by atoms with van der Waals surface area (Å²) in [5.74, 6) is -1.74. The van der Waals surface area contributed by atoms with E-state index in [0.717, 1.165) is 51.4 Å². The van der Waals surface area contributed by atoms with Crippen molar-refractivity contribution < 1.29 is 38.2 Å². The van der Waals surface area contributed by atoms with E-state index in [1.807, 2.05) is 0 Å². The van der Waals surface area contributed by atoms with Crippen molar-refractivity contribution in [2.45, 2.75) is 225 Å². The maximum absolute atomic E-state index is 12.7. The van der Waals surface area contributed by atoms with E-state index in [1.165, 1.54) is 128 Å². The number of carboxylic acid groups (broad SMARTS) is 1. The molecule has 0 saturated carbocycles. The molecule has 0 spiro atoms. The van der Waals surface area contributed by atoms with Gasteiger partial charge >= 0.3 is 11.9 Å². The molecule has 0 aromatic rings. The number of nitrogens with zero attached hydrogens (tertiary/aromatic N) is 1. The highest BCUT2D eigenvalue weighted by Gasteiger charge is 2.25. The highest BCUT2D eigenvalue weighted by atomic mass is 16.6. The minimum absolute atomic E-state index is 0.0401. The van der Waals surface area contributed by atoms with Gasteiger partial charge in [0.1, 0.15) is 12.6 Å². The van der Waals surface area contributed by atoms with E-state index in [9.17, 15) is 19.5 Å². The van der Waals surface area contributed by atoms with Crippen LogP contribution in [-0.2, 0) is 28.6 Å². The van der Waals surface area contributed by atoms with E-state index in [4.69, 9.17) is 14.2 Å². The van der Waals surface area contributed by atoms with Crippen LogP contribution in [0.25, 0.3) is 0 Å². The maximum Gasteiger partial charge on any atom is 0.306 e. The average Bonchev–Trinajstić information content (AvgIpc) is 3.12. The van der Waals surface area contributed by atoms with Crippen LogP contribution in [0.2, 0.25) is 0 Å². The lowest BCUT2D eigenvalue weighted by atomic mass is 10.0. The molecule has 0 heterocycles. The van der Waals surface area contributed by atoms with E-state index >= 15 is 0 Å². The summed E-state index contributed by atoms with van der Waals surface area (Å²) >= 11 is 0. The quantitative estimate of drug-likeness (QED) is 0.0264. The predicted molar refractivity (Wildman–Crippen MR) is 222 cm³/mol. The Morgan fingerprint density at radius 3 is 1.35 bits per heavy atom. The van der Waals surface area contributed by atoms with Gasteiger partial charge in [0.05, 0.1) is 40.3 Å². The van der Waals surface area contributed by atoms with Gasteiger partial charge in [-0.25, -0.2) is 0 Å². The second-order valence-corrected chi connectivity index (χ2v) is 16.6. The molecule has 318 valence electrons. The molecule has 0 bridgehead atoms. The predicted octanol–water partition coefficient (Wildman–Crippen LogP) is 11.0. The number of likely N-dealkylation sites (N-methyl/N-ethyl adjacent to an activating group) is 1. The van der Waals surface area contributed by atoms with Crippen molar-refractivity contribution in [2.75, 3.05) is 41.0 Å². The van der Waals surface area contributed by atoms with Gasteiger partial charge in [-0.15, -0.1) is 0 Å². The Morgan fingerprint density at radius 2 is 0.926 bits per heavy atom. The van der Waals surface area contributed by atoms with Gasteiger partial charge < -0.3 is 28.6 Å². The van der Waals surface area contributed by atoms with E-state index < -0.39 is 18.1 Å². The zero-order chi connectivity index (χ0) is 40.0. The number of rotatable bonds is 41. The van der Waals surface area contributed by atoms with Crippen LogP contribution in [-0.4, -0.2) is 75.5 Å². The molecule has 0 aliphatic rings. The molecule has 0 rings (SSSR count). The number of carbonyl (C=O) groups is 3. The summed E-state index contributed by atoms with van der Waals surface area (Å²) in [4.78, 5) is 36.8. The van der Waals surface area contributed by atoms with Gasteiger partial charge in [-0.2, -0.15) is 0 Å².